The molecule has 1 aliphatic rings. The third kappa shape index (κ3) is 2.06. The summed E-state index contributed by atoms with van der Waals surface area (Å²) in [5.74, 6) is 1.42. The minimum absolute atomic E-state index is 0.129. The molecule has 4 heteroatoms. The first-order valence-corrected chi connectivity index (χ1v) is 6.19. The van der Waals surface area contributed by atoms with Crippen LogP contribution in [0.15, 0.2) is 18.2 Å². The molecule has 1 aromatic carbocycles. The number of rotatable bonds is 5. The molecule has 1 fully saturated rings. The van der Waals surface area contributed by atoms with Crippen molar-refractivity contribution in [3.8, 4) is 11.5 Å². The van der Waals surface area contributed by atoms with Gasteiger partial charge in [0, 0.05) is 7.11 Å². The Hall–Kier alpha value is -1.26. The van der Waals surface area contributed by atoms with Gasteiger partial charge in [0.15, 0.2) is 11.5 Å². The minimum Gasteiger partial charge on any atom is -0.493 e. The Morgan fingerprint density at radius 2 is 1.78 bits per heavy atom. The predicted octanol–water partition coefficient (Wildman–Crippen LogP) is 2.27. The first-order valence-electron chi connectivity index (χ1n) is 6.19. The zero-order chi connectivity index (χ0) is 13.2. The van der Waals surface area contributed by atoms with Gasteiger partial charge < -0.3 is 19.9 Å². The zero-order valence-corrected chi connectivity index (χ0v) is 11.2. The molecule has 0 heterocycles. The van der Waals surface area contributed by atoms with Crippen LogP contribution in [0, 0.1) is 0 Å². The van der Waals surface area contributed by atoms with Crippen LogP contribution in [0.25, 0.3) is 0 Å². The first kappa shape index (κ1) is 13.2. The van der Waals surface area contributed by atoms with Gasteiger partial charge in [-0.15, -0.1) is 0 Å². The van der Waals surface area contributed by atoms with Crippen LogP contribution in [0.5, 0.6) is 11.5 Å². The molecule has 0 amide bonds. The lowest BCUT2D eigenvalue weighted by Gasteiger charge is -2.45. The van der Waals surface area contributed by atoms with Crippen molar-refractivity contribution < 1.29 is 14.2 Å². The fourth-order valence-corrected chi connectivity index (χ4v) is 2.52. The van der Waals surface area contributed by atoms with E-state index >= 15 is 0 Å². The number of hydrogen-bond acceptors (Lipinski definition) is 4. The van der Waals surface area contributed by atoms with Crippen molar-refractivity contribution in [3.63, 3.8) is 0 Å². The van der Waals surface area contributed by atoms with Gasteiger partial charge in [0.05, 0.1) is 25.9 Å². The summed E-state index contributed by atoms with van der Waals surface area (Å²) < 4.78 is 16.2. The van der Waals surface area contributed by atoms with E-state index in [2.05, 4.69) is 0 Å². The SMILES string of the molecule is COc1ccc(C(N)C2(OC)CCC2)cc1OC. The van der Waals surface area contributed by atoms with Gasteiger partial charge >= 0.3 is 0 Å². The number of ether oxygens (including phenoxy) is 3. The van der Waals surface area contributed by atoms with Crippen LogP contribution in [0.2, 0.25) is 0 Å². The summed E-state index contributed by atoms with van der Waals surface area (Å²) in [5, 5.41) is 0. The second kappa shape index (κ2) is 5.16. The standard InChI is InChI=1S/C14H21NO3/c1-16-11-6-5-10(9-12(11)17-2)13(15)14(18-3)7-4-8-14/h5-6,9,13H,4,7-8,15H2,1-3H3. The fraction of sp³-hybridized carbons (Fsp3) is 0.571. The molecule has 0 bridgehead atoms. The monoisotopic (exact) mass is 251 g/mol. The van der Waals surface area contributed by atoms with E-state index < -0.39 is 0 Å². The van der Waals surface area contributed by atoms with Crippen molar-refractivity contribution in [1.82, 2.24) is 0 Å². The van der Waals surface area contributed by atoms with Gasteiger partial charge in [0.25, 0.3) is 0 Å². The van der Waals surface area contributed by atoms with E-state index in [0.29, 0.717) is 11.5 Å². The van der Waals surface area contributed by atoms with Crippen LogP contribution in [-0.4, -0.2) is 26.9 Å². The molecule has 2 N–H and O–H groups in total. The molecule has 0 radical (unpaired) electrons. The van der Waals surface area contributed by atoms with Crippen LogP contribution in [0.1, 0.15) is 30.9 Å². The van der Waals surface area contributed by atoms with E-state index in [4.69, 9.17) is 19.9 Å². The Bertz CT molecular complexity index is 410. The number of methoxy groups -OCH3 is 3. The quantitative estimate of drug-likeness (QED) is 0.872. The Labute approximate surface area is 108 Å². The summed E-state index contributed by atoms with van der Waals surface area (Å²) in [5.41, 5.74) is 7.15. The van der Waals surface area contributed by atoms with Crippen molar-refractivity contribution in [2.75, 3.05) is 21.3 Å². The largest absolute Gasteiger partial charge is 0.493 e. The molecule has 1 saturated carbocycles. The molecule has 2 rings (SSSR count). The lowest BCUT2D eigenvalue weighted by molar-refractivity contribution is -0.0911. The molecule has 100 valence electrons. The molecule has 0 saturated heterocycles. The Balaban J connectivity index is 2.28. The summed E-state index contributed by atoms with van der Waals surface area (Å²) in [6, 6.07) is 5.67. The van der Waals surface area contributed by atoms with Crippen molar-refractivity contribution in [3.05, 3.63) is 23.8 Å². The second-order valence-corrected chi connectivity index (χ2v) is 4.71. The maximum atomic E-state index is 6.34. The lowest BCUT2D eigenvalue weighted by Crippen LogP contribution is -2.48. The van der Waals surface area contributed by atoms with Gasteiger partial charge in [0.2, 0.25) is 0 Å². The highest BCUT2D eigenvalue weighted by molar-refractivity contribution is 5.44. The maximum absolute atomic E-state index is 6.34. The Morgan fingerprint density at radius 3 is 2.22 bits per heavy atom. The summed E-state index contributed by atoms with van der Waals surface area (Å²) in [7, 11) is 4.99. The van der Waals surface area contributed by atoms with E-state index in [1.165, 1.54) is 6.42 Å². The first-order chi connectivity index (χ1) is 8.66. The van der Waals surface area contributed by atoms with Gasteiger partial charge in [-0.25, -0.2) is 0 Å². The highest BCUT2D eigenvalue weighted by atomic mass is 16.5. The highest BCUT2D eigenvalue weighted by Crippen LogP contribution is 2.44. The van der Waals surface area contributed by atoms with Crippen molar-refractivity contribution in [1.29, 1.82) is 0 Å². The summed E-state index contributed by atoms with van der Waals surface area (Å²) in [6.45, 7) is 0. The van der Waals surface area contributed by atoms with Crippen molar-refractivity contribution in [2.45, 2.75) is 30.9 Å². The minimum atomic E-state index is -0.209. The lowest BCUT2D eigenvalue weighted by atomic mass is 9.72. The van der Waals surface area contributed by atoms with Crippen LogP contribution < -0.4 is 15.2 Å². The molecule has 0 aliphatic heterocycles. The second-order valence-electron chi connectivity index (χ2n) is 4.71. The third-order valence-corrected chi connectivity index (χ3v) is 3.94. The van der Waals surface area contributed by atoms with Gasteiger partial charge in [-0.1, -0.05) is 6.07 Å². The molecule has 1 aliphatic carbocycles. The van der Waals surface area contributed by atoms with Gasteiger partial charge in [-0.3, -0.25) is 0 Å². The van der Waals surface area contributed by atoms with Gasteiger partial charge in [0.1, 0.15) is 0 Å². The smallest absolute Gasteiger partial charge is 0.161 e. The third-order valence-electron chi connectivity index (χ3n) is 3.94. The van der Waals surface area contributed by atoms with Gasteiger partial charge in [-0.2, -0.15) is 0 Å². The normalized spacial score (nSPS) is 18.9. The van der Waals surface area contributed by atoms with Crippen LogP contribution in [0.3, 0.4) is 0 Å². The molecular formula is C14H21NO3. The van der Waals surface area contributed by atoms with Crippen LogP contribution >= 0.6 is 0 Å². The van der Waals surface area contributed by atoms with E-state index in [-0.39, 0.29) is 11.6 Å². The van der Waals surface area contributed by atoms with Gasteiger partial charge in [-0.05, 0) is 37.0 Å². The predicted molar refractivity (Wildman–Crippen MR) is 70.1 cm³/mol. The van der Waals surface area contributed by atoms with Crippen LogP contribution in [-0.2, 0) is 4.74 Å². The molecule has 0 spiro atoms. The molecule has 0 aromatic heterocycles. The number of benzene rings is 1. The molecule has 18 heavy (non-hydrogen) atoms. The molecule has 1 atom stereocenters. The average molecular weight is 251 g/mol. The fourth-order valence-electron chi connectivity index (χ4n) is 2.52. The zero-order valence-electron chi connectivity index (χ0n) is 11.2. The molecule has 4 nitrogen and oxygen atoms in total. The van der Waals surface area contributed by atoms with E-state index in [1.807, 2.05) is 18.2 Å². The molecule has 1 unspecified atom stereocenters. The number of hydrogen-bond donors (Lipinski definition) is 1. The van der Waals surface area contributed by atoms with Crippen molar-refractivity contribution >= 4 is 0 Å². The molecule has 1 aromatic rings. The Morgan fingerprint density at radius 1 is 1.11 bits per heavy atom. The summed E-state index contributed by atoms with van der Waals surface area (Å²) in [6.07, 6.45) is 3.20. The Kier molecular flexibility index (Phi) is 3.78. The van der Waals surface area contributed by atoms with Crippen LogP contribution in [0.4, 0.5) is 0 Å². The average Bonchev–Trinajstić information content (AvgIpc) is 2.37. The molecular weight excluding hydrogens is 230 g/mol. The van der Waals surface area contributed by atoms with E-state index in [9.17, 15) is 0 Å². The highest BCUT2D eigenvalue weighted by Gasteiger charge is 2.43. The van der Waals surface area contributed by atoms with E-state index in [1.54, 1.807) is 21.3 Å². The van der Waals surface area contributed by atoms with Crippen molar-refractivity contribution in [2.24, 2.45) is 5.73 Å². The summed E-state index contributed by atoms with van der Waals surface area (Å²) >= 11 is 0. The topological polar surface area (TPSA) is 53.7 Å². The number of nitrogens with two attached hydrogens (primary N) is 1. The van der Waals surface area contributed by atoms with E-state index in [0.717, 1.165) is 18.4 Å². The maximum Gasteiger partial charge on any atom is 0.161 e. The summed E-state index contributed by atoms with van der Waals surface area (Å²) in [4.78, 5) is 0.